The molecule has 172 valence electrons. The van der Waals surface area contributed by atoms with Crippen molar-refractivity contribution < 1.29 is 18.8 Å². The maximum absolute atomic E-state index is 13.3. The Balaban J connectivity index is 1.47. The molecule has 1 aliphatic rings. The Morgan fingerprint density at radius 2 is 1.56 bits per heavy atom. The lowest BCUT2D eigenvalue weighted by atomic mass is 10.1. The molecule has 0 unspecified atom stereocenters. The number of rotatable bonds is 6. The van der Waals surface area contributed by atoms with Gasteiger partial charge in [0, 0.05) is 16.9 Å². The number of halogens is 3. The van der Waals surface area contributed by atoms with Crippen molar-refractivity contribution in [2.75, 3.05) is 15.5 Å². The van der Waals surface area contributed by atoms with Gasteiger partial charge in [-0.05, 0) is 66.6 Å². The van der Waals surface area contributed by atoms with Gasteiger partial charge in [0.25, 0.3) is 17.7 Å². The zero-order valence-corrected chi connectivity index (χ0v) is 19.4. The van der Waals surface area contributed by atoms with Gasteiger partial charge in [0.05, 0.1) is 10.7 Å². The summed E-state index contributed by atoms with van der Waals surface area (Å²) in [5, 5.41) is 5.17. The highest BCUT2D eigenvalue weighted by Gasteiger charge is 2.38. The molecule has 0 saturated carbocycles. The number of anilines is 3. The first-order valence-corrected chi connectivity index (χ1v) is 11.0. The molecule has 0 atom stereocenters. The van der Waals surface area contributed by atoms with Crippen LogP contribution in [0, 0.1) is 5.82 Å². The normalized spacial score (nSPS) is 13.5. The van der Waals surface area contributed by atoms with Gasteiger partial charge in [0.15, 0.2) is 0 Å². The Kier molecular flexibility index (Phi) is 6.68. The summed E-state index contributed by atoms with van der Waals surface area (Å²) in [6.45, 7) is 2.01. The van der Waals surface area contributed by atoms with Crippen LogP contribution in [0.15, 0.2) is 77.5 Å². The van der Waals surface area contributed by atoms with Gasteiger partial charge in [-0.3, -0.25) is 14.4 Å². The lowest BCUT2D eigenvalue weighted by Crippen LogP contribution is -2.32. The minimum absolute atomic E-state index is 0.0515. The largest absolute Gasteiger partial charge is 0.350 e. The van der Waals surface area contributed by atoms with Crippen LogP contribution in [0.1, 0.15) is 22.8 Å². The number of amides is 3. The Morgan fingerprint density at radius 3 is 2.18 bits per heavy atom. The predicted octanol–water partition coefficient (Wildman–Crippen LogP) is 5.73. The smallest absolute Gasteiger partial charge is 0.283 e. The van der Waals surface area contributed by atoms with Gasteiger partial charge in [-0.25, -0.2) is 9.29 Å². The standard InChI is InChI=1S/C25H18Cl2FN3O3/c1-2-14-3-10-18(11-4-14)31-24(33)21(27)22(25(31)34)29-16-7-5-15(6-8-16)23(32)30-17-9-12-20(28)19(26)13-17/h3-13,29H,2H2,1H3,(H,30,32). The van der Waals surface area contributed by atoms with E-state index >= 15 is 0 Å². The molecule has 4 rings (SSSR count). The van der Waals surface area contributed by atoms with Gasteiger partial charge in [-0.2, -0.15) is 0 Å². The average molecular weight is 498 g/mol. The second-order valence-corrected chi connectivity index (χ2v) is 8.23. The Bertz CT molecular complexity index is 1320. The van der Waals surface area contributed by atoms with E-state index < -0.39 is 23.5 Å². The van der Waals surface area contributed by atoms with Crippen LogP contribution in [0.2, 0.25) is 5.02 Å². The molecule has 2 N–H and O–H groups in total. The van der Waals surface area contributed by atoms with Crippen LogP contribution in [0.25, 0.3) is 0 Å². The monoisotopic (exact) mass is 497 g/mol. The van der Waals surface area contributed by atoms with Gasteiger partial charge in [-0.15, -0.1) is 0 Å². The molecule has 0 fully saturated rings. The Labute approximate surface area is 205 Å². The average Bonchev–Trinajstić information content (AvgIpc) is 3.05. The molecule has 0 saturated heterocycles. The van der Waals surface area contributed by atoms with E-state index in [4.69, 9.17) is 23.2 Å². The van der Waals surface area contributed by atoms with Gasteiger partial charge in [0.2, 0.25) is 0 Å². The van der Waals surface area contributed by atoms with Crippen LogP contribution >= 0.6 is 23.2 Å². The van der Waals surface area contributed by atoms with Crippen molar-refractivity contribution in [3.8, 4) is 0 Å². The number of benzene rings is 3. The van der Waals surface area contributed by atoms with Crippen molar-refractivity contribution in [1.29, 1.82) is 0 Å². The molecule has 1 heterocycles. The summed E-state index contributed by atoms with van der Waals surface area (Å²) in [7, 11) is 0. The maximum Gasteiger partial charge on any atom is 0.283 e. The van der Waals surface area contributed by atoms with Gasteiger partial charge in [-0.1, -0.05) is 42.3 Å². The molecule has 34 heavy (non-hydrogen) atoms. The fraction of sp³-hybridized carbons (Fsp3) is 0.0800. The third-order valence-corrected chi connectivity index (χ3v) is 5.86. The summed E-state index contributed by atoms with van der Waals surface area (Å²) in [6.07, 6.45) is 0.833. The summed E-state index contributed by atoms with van der Waals surface area (Å²) < 4.78 is 13.3. The fourth-order valence-corrected chi connectivity index (χ4v) is 3.75. The fourth-order valence-electron chi connectivity index (χ4n) is 3.35. The lowest BCUT2D eigenvalue weighted by molar-refractivity contribution is -0.120. The number of aryl methyl sites for hydroxylation is 1. The molecule has 9 heteroatoms. The first-order chi connectivity index (χ1) is 16.3. The van der Waals surface area contributed by atoms with Crippen molar-refractivity contribution in [2.24, 2.45) is 0 Å². The van der Waals surface area contributed by atoms with Crippen LogP contribution in [0.5, 0.6) is 0 Å². The van der Waals surface area contributed by atoms with Crippen molar-refractivity contribution >= 4 is 58.0 Å². The lowest BCUT2D eigenvalue weighted by Gasteiger charge is -2.15. The molecule has 3 amide bonds. The number of imide groups is 1. The van der Waals surface area contributed by atoms with Crippen LogP contribution in [0.3, 0.4) is 0 Å². The zero-order valence-electron chi connectivity index (χ0n) is 17.9. The second kappa shape index (κ2) is 9.67. The molecule has 0 radical (unpaired) electrons. The molecular formula is C25H18Cl2FN3O3. The third kappa shape index (κ3) is 4.66. The summed E-state index contributed by atoms with van der Waals surface area (Å²) >= 11 is 11.9. The highest BCUT2D eigenvalue weighted by atomic mass is 35.5. The molecule has 6 nitrogen and oxygen atoms in total. The quantitative estimate of drug-likeness (QED) is 0.426. The SMILES string of the molecule is CCc1ccc(N2C(=O)C(Cl)=C(Nc3ccc(C(=O)Nc4ccc(F)c(Cl)c4)cc3)C2=O)cc1. The second-order valence-electron chi connectivity index (χ2n) is 7.44. The van der Waals surface area contributed by atoms with E-state index in [0.717, 1.165) is 23.0 Å². The van der Waals surface area contributed by atoms with Crippen molar-refractivity contribution in [1.82, 2.24) is 0 Å². The van der Waals surface area contributed by atoms with Crippen molar-refractivity contribution in [3.05, 3.63) is 99.4 Å². The summed E-state index contributed by atoms with van der Waals surface area (Å²) in [5.41, 5.74) is 2.57. The van der Waals surface area contributed by atoms with E-state index in [1.165, 1.54) is 24.3 Å². The van der Waals surface area contributed by atoms with Crippen molar-refractivity contribution in [2.45, 2.75) is 13.3 Å². The van der Waals surface area contributed by atoms with Crippen LogP contribution in [-0.4, -0.2) is 17.7 Å². The van der Waals surface area contributed by atoms with Crippen LogP contribution in [0.4, 0.5) is 21.5 Å². The number of carbonyl (C=O) groups excluding carboxylic acids is 3. The zero-order chi connectivity index (χ0) is 24.4. The summed E-state index contributed by atoms with van der Waals surface area (Å²) in [5.74, 6) is -2.21. The van der Waals surface area contributed by atoms with Crippen LogP contribution in [-0.2, 0) is 16.0 Å². The molecule has 0 aliphatic carbocycles. The Hall–Kier alpha value is -3.68. The minimum atomic E-state index is -0.618. The number of nitrogens with one attached hydrogen (secondary N) is 2. The topological polar surface area (TPSA) is 78.5 Å². The molecule has 3 aromatic rings. The van der Waals surface area contributed by atoms with E-state index in [-0.39, 0.29) is 15.8 Å². The number of carbonyl (C=O) groups is 3. The highest BCUT2D eigenvalue weighted by Crippen LogP contribution is 2.30. The molecule has 0 aromatic heterocycles. The van der Waals surface area contributed by atoms with Crippen LogP contribution < -0.4 is 15.5 Å². The molecule has 0 bridgehead atoms. The van der Waals surface area contributed by atoms with Gasteiger partial charge in [0.1, 0.15) is 16.5 Å². The molecule has 3 aromatic carbocycles. The van der Waals surface area contributed by atoms with Gasteiger partial charge >= 0.3 is 0 Å². The number of nitrogens with zero attached hydrogens (tertiary/aromatic N) is 1. The summed E-state index contributed by atoms with van der Waals surface area (Å²) in [6, 6.07) is 17.1. The van der Waals surface area contributed by atoms with E-state index in [1.54, 1.807) is 24.3 Å². The molecule has 0 spiro atoms. The van der Waals surface area contributed by atoms with E-state index in [2.05, 4.69) is 10.6 Å². The first-order valence-electron chi connectivity index (χ1n) is 10.3. The van der Waals surface area contributed by atoms with E-state index in [1.807, 2.05) is 19.1 Å². The predicted molar refractivity (Wildman–Crippen MR) is 131 cm³/mol. The maximum atomic E-state index is 13.3. The van der Waals surface area contributed by atoms with E-state index in [0.29, 0.717) is 22.6 Å². The molecular weight excluding hydrogens is 480 g/mol. The minimum Gasteiger partial charge on any atom is -0.350 e. The van der Waals surface area contributed by atoms with E-state index in [9.17, 15) is 18.8 Å². The third-order valence-electron chi connectivity index (χ3n) is 5.22. The Morgan fingerprint density at radius 1 is 0.912 bits per heavy atom. The summed E-state index contributed by atoms with van der Waals surface area (Å²) in [4.78, 5) is 39.0. The number of hydrogen-bond acceptors (Lipinski definition) is 4. The van der Waals surface area contributed by atoms with Gasteiger partial charge < -0.3 is 10.6 Å². The van der Waals surface area contributed by atoms with Crippen molar-refractivity contribution in [3.63, 3.8) is 0 Å². The first kappa shape index (κ1) is 23.5. The molecule has 1 aliphatic heterocycles. The number of hydrogen-bond donors (Lipinski definition) is 2. The highest BCUT2D eigenvalue weighted by molar-refractivity contribution is 6.53.